The summed E-state index contributed by atoms with van der Waals surface area (Å²) >= 11 is 0. The van der Waals surface area contributed by atoms with Gasteiger partial charge in [0.2, 0.25) is 5.91 Å². The van der Waals surface area contributed by atoms with Gasteiger partial charge in [-0.25, -0.2) is 4.98 Å². The van der Waals surface area contributed by atoms with E-state index in [1.54, 1.807) is 20.0 Å². The van der Waals surface area contributed by atoms with Gasteiger partial charge in [-0.2, -0.15) is 0 Å². The topological polar surface area (TPSA) is 59.9 Å². The zero-order valence-electron chi connectivity index (χ0n) is 14.4. The number of nitrogens with zero attached hydrogens (tertiary/aromatic N) is 4. The quantitative estimate of drug-likeness (QED) is 0.841. The SMILES string of the molecule is CN(CCC(=O)N1CCN(c2ccccn2)CC1)CC(C)(C)O. The van der Waals surface area contributed by atoms with Gasteiger partial charge >= 0.3 is 0 Å². The molecule has 0 radical (unpaired) electrons. The lowest BCUT2D eigenvalue weighted by Crippen LogP contribution is -2.49. The third kappa shape index (κ3) is 5.80. The van der Waals surface area contributed by atoms with Crippen LogP contribution in [-0.2, 0) is 4.79 Å². The second-order valence-electron chi connectivity index (χ2n) is 6.86. The zero-order valence-corrected chi connectivity index (χ0v) is 14.4. The number of anilines is 1. The number of aromatic nitrogens is 1. The number of hydrogen-bond donors (Lipinski definition) is 1. The lowest BCUT2D eigenvalue weighted by atomic mass is 10.1. The minimum atomic E-state index is -0.730. The number of piperazine rings is 1. The van der Waals surface area contributed by atoms with Crippen LogP contribution >= 0.6 is 0 Å². The largest absolute Gasteiger partial charge is 0.389 e. The third-order valence-corrected chi connectivity index (χ3v) is 3.97. The minimum absolute atomic E-state index is 0.188. The van der Waals surface area contributed by atoms with Gasteiger partial charge in [-0.3, -0.25) is 4.79 Å². The van der Waals surface area contributed by atoms with Crippen LogP contribution in [0.5, 0.6) is 0 Å². The fourth-order valence-corrected chi connectivity index (χ4v) is 2.91. The van der Waals surface area contributed by atoms with Gasteiger partial charge in [0.1, 0.15) is 5.82 Å². The molecule has 0 saturated carbocycles. The highest BCUT2D eigenvalue weighted by molar-refractivity contribution is 5.76. The molecule has 0 bridgehead atoms. The summed E-state index contributed by atoms with van der Waals surface area (Å²) < 4.78 is 0. The molecule has 1 aliphatic rings. The number of amides is 1. The van der Waals surface area contributed by atoms with E-state index in [0.29, 0.717) is 19.5 Å². The van der Waals surface area contributed by atoms with Crippen molar-refractivity contribution in [1.29, 1.82) is 0 Å². The Labute approximate surface area is 138 Å². The summed E-state index contributed by atoms with van der Waals surface area (Å²) in [6.07, 6.45) is 2.29. The maximum Gasteiger partial charge on any atom is 0.223 e. The highest BCUT2D eigenvalue weighted by atomic mass is 16.3. The van der Waals surface area contributed by atoms with Gasteiger partial charge in [-0.1, -0.05) is 6.07 Å². The summed E-state index contributed by atoms with van der Waals surface area (Å²) in [5, 5.41) is 9.79. The van der Waals surface area contributed by atoms with Crippen LogP contribution in [0.15, 0.2) is 24.4 Å². The van der Waals surface area contributed by atoms with Crippen molar-refractivity contribution in [2.24, 2.45) is 0 Å². The van der Waals surface area contributed by atoms with Crippen LogP contribution in [-0.4, -0.2) is 77.7 Å². The van der Waals surface area contributed by atoms with Crippen molar-refractivity contribution in [3.8, 4) is 0 Å². The highest BCUT2D eigenvalue weighted by Gasteiger charge is 2.22. The summed E-state index contributed by atoms with van der Waals surface area (Å²) in [6, 6.07) is 5.90. The molecule has 1 saturated heterocycles. The van der Waals surface area contributed by atoms with E-state index in [9.17, 15) is 9.90 Å². The monoisotopic (exact) mass is 320 g/mol. The Balaban J connectivity index is 1.73. The van der Waals surface area contributed by atoms with Crippen LogP contribution in [0.3, 0.4) is 0 Å². The number of likely N-dealkylation sites (N-methyl/N-ethyl adjacent to an activating group) is 1. The Kier molecular flexibility index (Phi) is 5.96. The summed E-state index contributed by atoms with van der Waals surface area (Å²) in [5.74, 6) is 1.16. The van der Waals surface area contributed by atoms with Crippen molar-refractivity contribution < 1.29 is 9.90 Å². The van der Waals surface area contributed by atoms with Crippen LogP contribution < -0.4 is 4.90 Å². The smallest absolute Gasteiger partial charge is 0.223 e. The number of aliphatic hydroxyl groups is 1. The van der Waals surface area contributed by atoms with E-state index in [1.165, 1.54) is 0 Å². The van der Waals surface area contributed by atoms with Crippen molar-refractivity contribution in [3.05, 3.63) is 24.4 Å². The molecule has 1 aromatic heterocycles. The Hall–Kier alpha value is -1.66. The van der Waals surface area contributed by atoms with E-state index in [-0.39, 0.29) is 5.91 Å². The first-order chi connectivity index (χ1) is 10.8. The summed E-state index contributed by atoms with van der Waals surface area (Å²) in [7, 11) is 1.93. The second-order valence-corrected chi connectivity index (χ2v) is 6.86. The molecule has 0 spiro atoms. The van der Waals surface area contributed by atoms with Crippen LogP contribution in [0.4, 0.5) is 5.82 Å². The van der Waals surface area contributed by atoms with Gasteiger partial charge < -0.3 is 19.8 Å². The lowest BCUT2D eigenvalue weighted by Gasteiger charge is -2.35. The molecule has 0 unspecified atom stereocenters. The summed E-state index contributed by atoms with van der Waals surface area (Å²) in [6.45, 7) is 7.92. The van der Waals surface area contributed by atoms with E-state index < -0.39 is 5.60 Å². The Morgan fingerprint density at radius 1 is 1.30 bits per heavy atom. The molecule has 23 heavy (non-hydrogen) atoms. The van der Waals surface area contributed by atoms with E-state index >= 15 is 0 Å². The number of carbonyl (C=O) groups is 1. The lowest BCUT2D eigenvalue weighted by molar-refractivity contribution is -0.131. The van der Waals surface area contributed by atoms with Gasteiger partial charge in [0.15, 0.2) is 0 Å². The molecule has 1 amide bonds. The molecule has 1 aliphatic heterocycles. The molecule has 2 rings (SSSR count). The minimum Gasteiger partial charge on any atom is -0.389 e. The first-order valence-corrected chi connectivity index (χ1v) is 8.20. The maximum atomic E-state index is 12.3. The predicted molar refractivity (Wildman–Crippen MR) is 91.4 cm³/mol. The van der Waals surface area contributed by atoms with Crippen LogP contribution in [0.2, 0.25) is 0 Å². The molecule has 0 atom stereocenters. The molecule has 128 valence electrons. The Bertz CT molecular complexity index is 493. The molecular formula is C17H28N4O2. The number of pyridine rings is 1. The van der Waals surface area contributed by atoms with Crippen LogP contribution in [0, 0.1) is 0 Å². The molecular weight excluding hydrogens is 292 g/mol. The van der Waals surface area contributed by atoms with Gasteiger partial charge in [-0.05, 0) is 33.0 Å². The first-order valence-electron chi connectivity index (χ1n) is 8.20. The van der Waals surface area contributed by atoms with Crippen LogP contribution in [0.1, 0.15) is 20.3 Å². The molecule has 6 nitrogen and oxygen atoms in total. The van der Waals surface area contributed by atoms with Gasteiger partial charge in [0.25, 0.3) is 0 Å². The van der Waals surface area contributed by atoms with Crippen LogP contribution in [0.25, 0.3) is 0 Å². The highest BCUT2D eigenvalue weighted by Crippen LogP contribution is 2.13. The standard InChI is InChI=1S/C17H28N4O2/c1-17(2,23)14-19(3)9-7-16(22)21-12-10-20(11-13-21)15-6-4-5-8-18-15/h4-6,8,23H,7,9-14H2,1-3H3. The van der Waals surface area contributed by atoms with Gasteiger partial charge in [0.05, 0.1) is 5.60 Å². The van der Waals surface area contributed by atoms with Crippen molar-refractivity contribution in [2.45, 2.75) is 25.9 Å². The van der Waals surface area contributed by atoms with E-state index in [0.717, 1.165) is 32.0 Å². The van der Waals surface area contributed by atoms with Crippen molar-refractivity contribution in [2.75, 3.05) is 51.2 Å². The van der Waals surface area contributed by atoms with E-state index in [2.05, 4.69) is 9.88 Å². The van der Waals surface area contributed by atoms with Gasteiger partial charge in [0, 0.05) is 51.9 Å². The fourth-order valence-electron chi connectivity index (χ4n) is 2.91. The van der Waals surface area contributed by atoms with E-state index in [1.807, 2.05) is 35.0 Å². The van der Waals surface area contributed by atoms with Crippen molar-refractivity contribution in [3.63, 3.8) is 0 Å². The molecule has 1 aromatic rings. The molecule has 6 heteroatoms. The van der Waals surface area contributed by atoms with Crippen molar-refractivity contribution in [1.82, 2.24) is 14.8 Å². The summed E-state index contributed by atoms with van der Waals surface area (Å²) in [4.78, 5) is 22.8. The van der Waals surface area contributed by atoms with Gasteiger partial charge in [-0.15, -0.1) is 0 Å². The van der Waals surface area contributed by atoms with E-state index in [4.69, 9.17) is 0 Å². The normalized spacial score (nSPS) is 16.0. The molecule has 0 aliphatic carbocycles. The molecule has 1 N–H and O–H groups in total. The number of carbonyl (C=O) groups excluding carboxylic acids is 1. The van der Waals surface area contributed by atoms with Crippen molar-refractivity contribution >= 4 is 11.7 Å². The molecule has 1 fully saturated rings. The fraction of sp³-hybridized carbons (Fsp3) is 0.647. The zero-order chi connectivity index (χ0) is 16.9. The third-order valence-electron chi connectivity index (χ3n) is 3.97. The maximum absolute atomic E-state index is 12.3. The second kappa shape index (κ2) is 7.75. The number of hydrogen-bond acceptors (Lipinski definition) is 5. The Morgan fingerprint density at radius 3 is 2.57 bits per heavy atom. The molecule has 2 heterocycles. The average Bonchev–Trinajstić information content (AvgIpc) is 2.52. The summed E-state index contributed by atoms with van der Waals surface area (Å²) in [5.41, 5.74) is -0.730. The average molecular weight is 320 g/mol. The first kappa shape index (κ1) is 17.7. The Morgan fingerprint density at radius 2 is 2.00 bits per heavy atom. The molecule has 0 aromatic carbocycles. The predicted octanol–water partition coefficient (Wildman–Crippen LogP) is 0.823. The number of rotatable bonds is 6.